The predicted octanol–water partition coefficient (Wildman–Crippen LogP) is 1.55. The lowest BCUT2D eigenvalue weighted by atomic mass is 10.0. The molecule has 0 saturated heterocycles. The van der Waals surface area contributed by atoms with E-state index in [-0.39, 0.29) is 6.61 Å². The molecule has 0 radical (unpaired) electrons. The molecular weight excluding hydrogens is 190 g/mol. The molecule has 0 aliphatic heterocycles. The van der Waals surface area contributed by atoms with Crippen LogP contribution < -0.4 is 0 Å². The molecule has 3 heteroatoms. The lowest BCUT2D eigenvalue weighted by Crippen LogP contribution is -1.98. The third-order valence-electron chi connectivity index (χ3n) is 2.12. The summed E-state index contributed by atoms with van der Waals surface area (Å²) in [7, 11) is 1.61. The number of benzene rings is 1. The first-order valence-corrected chi connectivity index (χ1v) is 4.97. The van der Waals surface area contributed by atoms with E-state index in [1.807, 2.05) is 19.1 Å². The average molecular weight is 207 g/mol. The zero-order chi connectivity index (χ0) is 11.1. The van der Waals surface area contributed by atoms with Crippen LogP contribution in [0.5, 0.6) is 0 Å². The minimum atomic E-state index is 0.161. The summed E-state index contributed by atoms with van der Waals surface area (Å²) < 4.78 is 4.85. The predicted molar refractivity (Wildman–Crippen MR) is 61.4 cm³/mol. The summed E-state index contributed by atoms with van der Waals surface area (Å²) in [6, 6.07) is 6.13. The van der Waals surface area contributed by atoms with Crippen LogP contribution in [0.1, 0.15) is 16.7 Å². The van der Waals surface area contributed by atoms with Gasteiger partial charge in [-0.2, -0.15) is 0 Å². The number of aliphatic hydroxyl groups excluding tert-OH is 1. The Bertz CT molecular complexity index is 334. The Morgan fingerprint density at radius 3 is 2.93 bits per heavy atom. The SMILES string of the molecule is COC/N=C\c1cc(C)ccc1CCO. The van der Waals surface area contributed by atoms with E-state index in [9.17, 15) is 0 Å². The molecule has 0 fully saturated rings. The number of aliphatic imine (C=N–C) groups is 1. The summed E-state index contributed by atoms with van der Waals surface area (Å²) >= 11 is 0. The summed E-state index contributed by atoms with van der Waals surface area (Å²) in [6.45, 7) is 2.57. The fourth-order valence-corrected chi connectivity index (χ4v) is 1.39. The monoisotopic (exact) mass is 207 g/mol. The summed E-state index contributed by atoms with van der Waals surface area (Å²) in [4.78, 5) is 4.12. The number of aliphatic hydroxyl groups is 1. The summed E-state index contributed by atoms with van der Waals surface area (Å²) in [5, 5.41) is 8.92. The Morgan fingerprint density at radius 1 is 1.47 bits per heavy atom. The van der Waals surface area contributed by atoms with Crippen LogP contribution in [0.2, 0.25) is 0 Å². The first-order valence-electron chi connectivity index (χ1n) is 4.97. The minimum Gasteiger partial charge on any atom is -0.396 e. The third-order valence-corrected chi connectivity index (χ3v) is 2.12. The van der Waals surface area contributed by atoms with Crippen molar-refractivity contribution in [2.75, 3.05) is 20.4 Å². The molecule has 0 bridgehead atoms. The molecule has 1 aromatic rings. The van der Waals surface area contributed by atoms with Crippen molar-refractivity contribution in [3.8, 4) is 0 Å². The molecular formula is C12H17NO2. The highest BCUT2D eigenvalue weighted by molar-refractivity contribution is 5.82. The maximum Gasteiger partial charge on any atom is 0.137 e. The van der Waals surface area contributed by atoms with Gasteiger partial charge in [0.15, 0.2) is 0 Å². The number of aryl methyl sites for hydroxylation is 1. The van der Waals surface area contributed by atoms with Gasteiger partial charge in [0.05, 0.1) is 0 Å². The summed E-state index contributed by atoms with van der Waals surface area (Å²) in [5.74, 6) is 0. The molecule has 15 heavy (non-hydrogen) atoms. The van der Waals surface area contributed by atoms with E-state index in [2.05, 4.69) is 11.1 Å². The normalized spacial score (nSPS) is 11.1. The van der Waals surface area contributed by atoms with Crippen molar-refractivity contribution in [2.45, 2.75) is 13.3 Å². The molecule has 1 rings (SSSR count). The van der Waals surface area contributed by atoms with Crippen molar-refractivity contribution in [1.29, 1.82) is 0 Å². The fraction of sp³-hybridized carbons (Fsp3) is 0.417. The summed E-state index contributed by atoms with van der Waals surface area (Å²) in [6.07, 6.45) is 2.45. The van der Waals surface area contributed by atoms with Crippen LogP contribution in [-0.4, -0.2) is 31.8 Å². The molecule has 3 nitrogen and oxygen atoms in total. The number of ether oxygens (including phenoxy) is 1. The zero-order valence-corrected chi connectivity index (χ0v) is 9.23. The second kappa shape index (κ2) is 6.32. The topological polar surface area (TPSA) is 41.8 Å². The van der Waals surface area contributed by atoms with Gasteiger partial charge in [0.2, 0.25) is 0 Å². The van der Waals surface area contributed by atoms with Crippen molar-refractivity contribution in [2.24, 2.45) is 4.99 Å². The van der Waals surface area contributed by atoms with Crippen LogP contribution in [0.4, 0.5) is 0 Å². The second-order valence-corrected chi connectivity index (χ2v) is 3.41. The molecule has 82 valence electrons. The van der Waals surface area contributed by atoms with E-state index in [1.54, 1.807) is 13.3 Å². The Hall–Kier alpha value is -1.19. The van der Waals surface area contributed by atoms with E-state index in [0.29, 0.717) is 13.2 Å². The van der Waals surface area contributed by atoms with Crippen LogP contribution in [0, 0.1) is 6.92 Å². The molecule has 0 atom stereocenters. The van der Waals surface area contributed by atoms with Crippen LogP contribution >= 0.6 is 0 Å². The van der Waals surface area contributed by atoms with Gasteiger partial charge < -0.3 is 9.84 Å². The van der Waals surface area contributed by atoms with E-state index in [0.717, 1.165) is 11.1 Å². The van der Waals surface area contributed by atoms with Gasteiger partial charge >= 0.3 is 0 Å². The number of nitrogens with zero attached hydrogens (tertiary/aromatic N) is 1. The van der Waals surface area contributed by atoms with Crippen molar-refractivity contribution < 1.29 is 9.84 Å². The molecule has 0 aliphatic rings. The quantitative estimate of drug-likeness (QED) is 0.744. The first-order chi connectivity index (χ1) is 7.27. The van der Waals surface area contributed by atoms with Gasteiger partial charge in [0, 0.05) is 19.9 Å². The smallest absolute Gasteiger partial charge is 0.137 e. The first kappa shape index (κ1) is 11.9. The molecule has 0 unspecified atom stereocenters. The lowest BCUT2D eigenvalue weighted by Gasteiger charge is -2.05. The standard InChI is InChI=1S/C12H17NO2/c1-10-3-4-11(5-6-14)12(7-10)8-13-9-15-2/h3-4,7-8,14H,5-6,9H2,1-2H3/b13-8-. The molecule has 0 heterocycles. The molecule has 1 N–H and O–H groups in total. The van der Waals surface area contributed by atoms with Gasteiger partial charge in [-0.25, -0.2) is 0 Å². The van der Waals surface area contributed by atoms with Gasteiger partial charge in [-0.05, 0) is 24.5 Å². The van der Waals surface area contributed by atoms with Crippen LogP contribution in [0.15, 0.2) is 23.2 Å². The number of rotatable bonds is 5. The molecule has 0 spiro atoms. The Balaban J connectivity index is 2.86. The number of hydrogen-bond donors (Lipinski definition) is 1. The van der Waals surface area contributed by atoms with Gasteiger partial charge in [0.25, 0.3) is 0 Å². The lowest BCUT2D eigenvalue weighted by molar-refractivity contribution is 0.209. The van der Waals surface area contributed by atoms with E-state index < -0.39 is 0 Å². The third kappa shape index (κ3) is 3.81. The molecule has 0 saturated carbocycles. The highest BCUT2D eigenvalue weighted by Gasteiger charge is 1.99. The summed E-state index contributed by atoms with van der Waals surface area (Å²) in [5.41, 5.74) is 3.36. The number of hydrogen-bond acceptors (Lipinski definition) is 3. The average Bonchev–Trinajstić information content (AvgIpc) is 2.22. The minimum absolute atomic E-state index is 0.161. The number of methoxy groups -OCH3 is 1. The van der Waals surface area contributed by atoms with Crippen LogP contribution in [0.25, 0.3) is 0 Å². The van der Waals surface area contributed by atoms with Gasteiger partial charge in [0.1, 0.15) is 6.73 Å². The Labute approximate surface area is 90.4 Å². The Kier molecular flexibility index (Phi) is 5.01. The van der Waals surface area contributed by atoms with Gasteiger partial charge in [-0.3, -0.25) is 4.99 Å². The molecule has 0 aliphatic carbocycles. The van der Waals surface area contributed by atoms with Crippen LogP contribution in [0.3, 0.4) is 0 Å². The maximum atomic E-state index is 8.92. The second-order valence-electron chi connectivity index (χ2n) is 3.41. The van der Waals surface area contributed by atoms with Crippen molar-refractivity contribution in [1.82, 2.24) is 0 Å². The highest BCUT2D eigenvalue weighted by atomic mass is 16.5. The highest BCUT2D eigenvalue weighted by Crippen LogP contribution is 2.10. The van der Waals surface area contributed by atoms with Crippen molar-refractivity contribution in [3.63, 3.8) is 0 Å². The van der Waals surface area contributed by atoms with E-state index in [4.69, 9.17) is 9.84 Å². The maximum absolute atomic E-state index is 8.92. The van der Waals surface area contributed by atoms with Crippen molar-refractivity contribution >= 4 is 6.21 Å². The largest absolute Gasteiger partial charge is 0.396 e. The van der Waals surface area contributed by atoms with Gasteiger partial charge in [-0.15, -0.1) is 0 Å². The van der Waals surface area contributed by atoms with Crippen LogP contribution in [-0.2, 0) is 11.2 Å². The van der Waals surface area contributed by atoms with Gasteiger partial charge in [-0.1, -0.05) is 23.8 Å². The van der Waals surface area contributed by atoms with E-state index >= 15 is 0 Å². The Morgan fingerprint density at radius 2 is 2.27 bits per heavy atom. The molecule has 0 aromatic heterocycles. The molecule has 0 amide bonds. The van der Waals surface area contributed by atoms with E-state index in [1.165, 1.54) is 5.56 Å². The van der Waals surface area contributed by atoms with Crippen molar-refractivity contribution in [3.05, 3.63) is 34.9 Å². The molecule has 1 aromatic carbocycles. The fourth-order valence-electron chi connectivity index (χ4n) is 1.39. The zero-order valence-electron chi connectivity index (χ0n) is 9.23.